The molecule has 2 heterocycles. The number of aromatic nitrogens is 3. The number of methoxy groups -OCH3 is 1. The van der Waals surface area contributed by atoms with E-state index in [9.17, 15) is 17.6 Å². The molecule has 2 aromatic heterocycles. The minimum atomic E-state index is -3.74. The van der Waals surface area contributed by atoms with E-state index in [0.717, 1.165) is 0 Å². The molecule has 0 fully saturated rings. The van der Waals surface area contributed by atoms with Crippen LogP contribution < -0.4 is 14.8 Å². The number of rotatable bonds is 7. The van der Waals surface area contributed by atoms with Crippen LogP contribution in [0.4, 0.5) is 4.39 Å². The number of halogens is 1. The zero-order valence-electron chi connectivity index (χ0n) is 17.7. The lowest BCUT2D eigenvalue weighted by atomic mass is 10.1. The van der Waals surface area contributed by atoms with E-state index in [1.165, 1.54) is 44.6 Å². The van der Waals surface area contributed by atoms with Gasteiger partial charge in [-0.15, -0.1) is 0 Å². The van der Waals surface area contributed by atoms with Crippen molar-refractivity contribution in [3.05, 3.63) is 78.0 Å². The lowest BCUT2D eigenvalue weighted by Crippen LogP contribution is -2.24. The lowest BCUT2D eigenvalue weighted by Gasteiger charge is -2.12. The predicted octanol–water partition coefficient (Wildman–Crippen LogP) is 2.41. The van der Waals surface area contributed by atoms with Gasteiger partial charge in [-0.05, 0) is 49.0 Å². The second kappa shape index (κ2) is 8.96. The molecule has 9 nitrogen and oxygen atoms in total. The summed E-state index contributed by atoms with van der Waals surface area (Å²) in [5.41, 5.74) is 2.08. The van der Waals surface area contributed by atoms with Gasteiger partial charge in [-0.25, -0.2) is 22.2 Å². The summed E-state index contributed by atoms with van der Waals surface area (Å²) in [7, 11) is -1.05. The number of fused-ring (bicyclic) bond motifs is 1. The van der Waals surface area contributed by atoms with E-state index in [1.807, 2.05) is 0 Å². The Labute approximate surface area is 189 Å². The zero-order chi connectivity index (χ0) is 23.6. The molecule has 0 unspecified atom stereocenters. The van der Waals surface area contributed by atoms with Gasteiger partial charge < -0.3 is 10.1 Å². The standard InChI is InChI=1S/C22H20FN5O4S/c1-24-33(30,31)21-9-14(3-8-20(21)32-2)10-26-22(29)18-11-25-13-19-17(18)12-27-28(19)16-6-4-15(23)5-7-16/h3-9,11-13,24H,10H2,1-2H3,(H,26,29). The minimum absolute atomic E-state index is 0.0245. The Kier molecular flexibility index (Phi) is 6.07. The highest BCUT2D eigenvalue weighted by Crippen LogP contribution is 2.25. The van der Waals surface area contributed by atoms with E-state index >= 15 is 0 Å². The Morgan fingerprint density at radius 3 is 2.58 bits per heavy atom. The van der Waals surface area contributed by atoms with Gasteiger partial charge in [0, 0.05) is 18.1 Å². The van der Waals surface area contributed by atoms with Crippen molar-refractivity contribution in [3.63, 3.8) is 0 Å². The largest absolute Gasteiger partial charge is 0.495 e. The molecule has 4 rings (SSSR count). The molecule has 170 valence electrons. The van der Waals surface area contributed by atoms with Gasteiger partial charge in [0.05, 0.1) is 36.3 Å². The van der Waals surface area contributed by atoms with E-state index in [1.54, 1.807) is 35.3 Å². The molecule has 0 aliphatic carbocycles. The zero-order valence-corrected chi connectivity index (χ0v) is 18.6. The van der Waals surface area contributed by atoms with Gasteiger partial charge >= 0.3 is 0 Å². The van der Waals surface area contributed by atoms with Crippen LogP contribution in [-0.2, 0) is 16.6 Å². The van der Waals surface area contributed by atoms with Gasteiger partial charge in [0.15, 0.2) is 0 Å². The highest BCUT2D eigenvalue weighted by atomic mass is 32.2. The molecule has 0 bridgehead atoms. The van der Waals surface area contributed by atoms with Gasteiger partial charge in [-0.1, -0.05) is 6.07 Å². The van der Waals surface area contributed by atoms with Crippen molar-refractivity contribution in [1.29, 1.82) is 0 Å². The fourth-order valence-electron chi connectivity index (χ4n) is 3.34. The summed E-state index contributed by atoms with van der Waals surface area (Å²) < 4.78 is 46.7. The molecule has 0 spiro atoms. The summed E-state index contributed by atoms with van der Waals surface area (Å²) in [5.74, 6) is -0.570. The fourth-order valence-corrected chi connectivity index (χ4v) is 4.28. The van der Waals surface area contributed by atoms with Crippen LogP contribution in [0.2, 0.25) is 0 Å². The molecule has 4 aromatic rings. The van der Waals surface area contributed by atoms with E-state index in [-0.39, 0.29) is 23.0 Å². The van der Waals surface area contributed by atoms with Crippen LogP contribution in [0.15, 0.2) is 66.0 Å². The van der Waals surface area contributed by atoms with E-state index in [0.29, 0.717) is 27.7 Å². The third kappa shape index (κ3) is 4.41. The number of sulfonamides is 1. The maximum Gasteiger partial charge on any atom is 0.253 e. The fraction of sp³-hybridized carbons (Fsp3) is 0.136. The highest BCUT2D eigenvalue weighted by molar-refractivity contribution is 7.89. The van der Waals surface area contributed by atoms with Crippen LogP contribution in [0.3, 0.4) is 0 Å². The monoisotopic (exact) mass is 469 g/mol. The molecule has 11 heteroatoms. The van der Waals surface area contributed by atoms with Crippen molar-refractivity contribution in [1.82, 2.24) is 24.8 Å². The molecular weight excluding hydrogens is 449 g/mol. The second-order valence-corrected chi connectivity index (χ2v) is 8.88. The normalized spacial score (nSPS) is 11.5. The number of hydrogen-bond donors (Lipinski definition) is 2. The van der Waals surface area contributed by atoms with Crippen molar-refractivity contribution in [2.24, 2.45) is 0 Å². The molecule has 0 saturated heterocycles. The van der Waals surface area contributed by atoms with Crippen molar-refractivity contribution in [2.75, 3.05) is 14.2 Å². The van der Waals surface area contributed by atoms with Crippen LogP contribution >= 0.6 is 0 Å². The number of nitrogens with zero attached hydrogens (tertiary/aromatic N) is 3. The number of nitrogens with one attached hydrogen (secondary N) is 2. The predicted molar refractivity (Wildman–Crippen MR) is 119 cm³/mol. The SMILES string of the molecule is CNS(=O)(=O)c1cc(CNC(=O)c2cncc3c2cnn3-c2ccc(F)cc2)ccc1OC. The summed E-state index contributed by atoms with van der Waals surface area (Å²) >= 11 is 0. The van der Waals surface area contributed by atoms with Crippen LogP contribution in [0.1, 0.15) is 15.9 Å². The minimum Gasteiger partial charge on any atom is -0.495 e. The summed E-state index contributed by atoms with van der Waals surface area (Å²) in [6.45, 7) is 0.0809. The average Bonchev–Trinajstić information content (AvgIpc) is 3.27. The first-order chi connectivity index (χ1) is 15.8. The van der Waals surface area contributed by atoms with Gasteiger partial charge in [0.1, 0.15) is 16.5 Å². The highest BCUT2D eigenvalue weighted by Gasteiger charge is 2.19. The molecule has 0 atom stereocenters. The summed E-state index contributed by atoms with van der Waals surface area (Å²) in [6, 6.07) is 10.4. The smallest absolute Gasteiger partial charge is 0.253 e. The maximum absolute atomic E-state index is 13.3. The first kappa shape index (κ1) is 22.4. The second-order valence-electron chi connectivity index (χ2n) is 7.03. The first-order valence-corrected chi connectivity index (χ1v) is 11.3. The van der Waals surface area contributed by atoms with E-state index in [2.05, 4.69) is 20.1 Å². The van der Waals surface area contributed by atoms with E-state index in [4.69, 9.17) is 4.74 Å². The topological polar surface area (TPSA) is 115 Å². The Bertz CT molecular complexity index is 1440. The molecule has 0 radical (unpaired) electrons. The van der Waals surface area contributed by atoms with E-state index < -0.39 is 15.9 Å². The van der Waals surface area contributed by atoms with Gasteiger partial charge in [-0.2, -0.15) is 5.10 Å². The van der Waals surface area contributed by atoms with Crippen molar-refractivity contribution in [3.8, 4) is 11.4 Å². The summed E-state index contributed by atoms with van der Waals surface area (Å²) in [4.78, 5) is 17.0. The van der Waals surface area contributed by atoms with Crippen LogP contribution in [0, 0.1) is 5.82 Å². The Morgan fingerprint density at radius 2 is 1.88 bits per heavy atom. The molecule has 0 aliphatic rings. The number of amides is 1. The van der Waals surface area contributed by atoms with Gasteiger partial charge in [-0.3, -0.25) is 9.78 Å². The van der Waals surface area contributed by atoms with Crippen molar-refractivity contribution < 1.29 is 22.3 Å². The number of carbonyl (C=O) groups excluding carboxylic acids is 1. The van der Waals surface area contributed by atoms with Gasteiger partial charge in [0.2, 0.25) is 10.0 Å². The molecule has 0 aliphatic heterocycles. The summed E-state index contributed by atoms with van der Waals surface area (Å²) in [6.07, 6.45) is 4.54. The van der Waals surface area contributed by atoms with Crippen LogP contribution in [0.25, 0.3) is 16.6 Å². The van der Waals surface area contributed by atoms with Crippen molar-refractivity contribution in [2.45, 2.75) is 11.4 Å². The third-order valence-corrected chi connectivity index (χ3v) is 6.49. The number of pyridine rings is 1. The number of carbonyl (C=O) groups is 1. The molecule has 33 heavy (non-hydrogen) atoms. The molecule has 0 saturated carbocycles. The van der Waals surface area contributed by atoms with Crippen molar-refractivity contribution >= 4 is 26.8 Å². The first-order valence-electron chi connectivity index (χ1n) is 9.80. The summed E-state index contributed by atoms with van der Waals surface area (Å²) in [5, 5.41) is 7.66. The molecule has 1 amide bonds. The van der Waals surface area contributed by atoms with Crippen LogP contribution in [-0.4, -0.2) is 43.2 Å². The Balaban J connectivity index is 1.59. The van der Waals surface area contributed by atoms with Gasteiger partial charge in [0.25, 0.3) is 5.91 Å². The average molecular weight is 469 g/mol. The molecule has 2 aromatic carbocycles. The number of ether oxygens (including phenoxy) is 1. The van der Waals surface area contributed by atoms with Crippen LogP contribution in [0.5, 0.6) is 5.75 Å². The number of hydrogen-bond acceptors (Lipinski definition) is 6. The number of benzene rings is 2. The third-order valence-electron chi connectivity index (χ3n) is 5.05. The Morgan fingerprint density at radius 1 is 1.12 bits per heavy atom. The maximum atomic E-state index is 13.3. The Hall–Kier alpha value is -3.83. The quantitative estimate of drug-likeness (QED) is 0.430. The lowest BCUT2D eigenvalue weighted by molar-refractivity contribution is 0.0952. The molecular formula is C22H20FN5O4S. The molecule has 2 N–H and O–H groups in total.